The second-order valence-corrected chi connectivity index (χ2v) is 7.18. The Balaban J connectivity index is 2.16. The maximum atomic E-state index is 11.9. The monoisotopic (exact) mass is 305 g/mol. The molecule has 1 fully saturated rings. The first kappa shape index (κ1) is 17.4. The van der Waals surface area contributed by atoms with Gasteiger partial charge in [-0.2, -0.15) is 0 Å². The van der Waals surface area contributed by atoms with Gasteiger partial charge in [0, 0.05) is 25.7 Å². The van der Waals surface area contributed by atoms with Crippen LogP contribution in [0.2, 0.25) is 0 Å². The molecule has 0 heterocycles. The topological polar surface area (TPSA) is 69.7 Å². The van der Waals surface area contributed by atoms with Crippen LogP contribution in [0.25, 0.3) is 0 Å². The molecule has 1 aliphatic rings. The van der Waals surface area contributed by atoms with E-state index in [1.165, 1.54) is 10.6 Å². The third-order valence-corrected chi connectivity index (χ3v) is 4.89. The second-order valence-electron chi connectivity index (χ2n) is 5.20. The first-order chi connectivity index (χ1) is 9.40. The highest BCUT2D eigenvalue weighted by Gasteiger charge is 2.30. The van der Waals surface area contributed by atoms with Crippen LogP contribution in [0.15, 0.2) is 0 Å². The first-order valence-corrected chi connectivity index (χ1v) is 9.20. The van der Waals surface area contributed by atoms with Crippen molar-refractivity contribution >= 4 is 15.9 Å². The van der Waals surface area contributed by atoms with Crippen molar-refractivity contribution in [1.82, 2.24) is 14.5 Å². The standard InChI is InChI=1S/C13H27N3O3S/c1-4-15(20(3,18)19)10-6-9-14-11-13(17)16(5-2)12-7-8-12/h12,14H,4-11H2,1-3H3. The summed E-state index contributed by atoms with van der Waals surface area (Å²) in [4.78, 5) is 13.8. The van der Waals surface area contributed by atoms with Crippen LogP contribution in [0, 0.1) is 0 Å². The molecule has 118 valence electrons. The third-order valence-electron chi connectivity index (χ3n) is 3.51. The van der Waals surface area contributed by atoms with E-state index in [1.54, 1.807) is 0 Å². The lowest BCUT2D eigenvalue weighted by molar-refractivity contribution is -0.130. The number of rotatable bonds is 10. The molecule has 20 heavy (non-hydrogen) atoms. The molecule has 6 nitrogen and oxygen atoms in total. The van der Waals surface area contributed by atoms with Gasteiger partial charge in [0.25, 0.3) is 0 Å². The number of carbonyl (C=O) groups excluding carboxylic acids is 1. The third kappa shape index (κ3) is 5.76. The summed E-state index contributed by atoms with van der Waals surface area (Å²) in [5.41, 5.74) is 0. The van der Waals surface area contributed by atoms with Crippen LogP contribution in [0.1, 0.15) is 33.1 Å². The minimum atomic E-state index is -3.11. The Morgan fingerprint density at radius 1 is 1.25 bits per heavy atom. The zero-order valence-corrected chi connectivity index (χ0v) is 13.6. The van der Waals surface area contributed by atoms with Gasteiger partial charge in [0.1, 0.15) is 0 Å². The van der Waals surface area contributed by atoms with Crippen LogP contribution >= 0.6 is 0 Å². The summed E-state index contributed by atoms with van der Waals surface area (Å²) < 4.78 is 24.2. The van der Waals surface area contributed by atoms with Crippen molar-refractivity contribution in [1.29, 1.82) is 0 Å². The molecule has 1 amide bonds. The summed E-state index contributed by atoms with van der Waals surface area (Å²) in [6, 6.07) is 0.454. The molecule has 1 aliphatic carbocycles. The Morgan fingerprint density at radius 3 is 2.35 bits per heavy atom. The van der Waals surface area contributed by atoms with Crippen molar-refractivity contribution in [3.63, 3.8) is 0 Å². The number of hydrogen-bond donors (Lipinski definition) is 1. The molecule has 0 aliphatic heterocycles. The van der Waals surface area contributed by atoms with Gasteiger partial charge >= 0.3 is 0 Å². The summed E-state index contributed by atoms with van der Waals surface area (Å²) in [7, 11) is -3.11. The number of nitrogens with one attached hydrogen (secondary N) is 1. The molecule has 0 aromatic heterocycles. The highest BCUT2D eigenvalue weighted by atomic mass is 32.2. The van der Waals surface area contributed by atoms with E-state index in [1.807, 2.05) is 18.7 Å². The first-order valence-electron chi connectivity index (χ1n) is 7.35. The smallest absolute Gasteiger partial charge is 0.236 e. The Kier molecular flexibility index (Phi) is 6.91. The predicted molar refractivity (Wildman–Crippen MR) is 80.0 cm³/mol. The number of amides is 1. The van der Waals surface area contributed by atoms with Crippen molar-refractivity contribution in [2.75, 3.05) is 39.0 Å². The zero-order valence-electron chi connectivity index (χ0n) is 12.8. The molecule has 0 spiro atoms. The van der Waals surface area contributed by atoms with Gasteiger partial charge in [-0.1, -0.05) is 6.92 Å². The summed E-state index contributed by atoms with van der Waals surface area (Å²) in [5.74, 6) is 0.144. The number of sulfonamides is 1. The van der Waals surface area contributed by atoms with E-state index in [9.17, 15) is 13.2 Å². The molecule has 0 bridgehead atoms. The van der Waals surface area contributed by atoms with E-state index < -0.39 is 10.0 Å². The Bertz CT molecular complexity index is 407. The van der Waals surface area contributed by atoms with E-state index in [0.29, 0.717) is 38.6 Å². The fourth-order valence-electron chi connectivity index (χ4n) is 2.26. The predicted octanol–water partition coefficient (Wildman–Crippen LogP) is 0.259. The summed E-state index contributed by atoms with van der Waals surface area (Å²) in [6.45, 7) is 6.58. The van der Waals surface area contributed by atoms with Crippen LogP contribution in [0.3, 0.4) is 0 Å². The Morgan fingerprint density at radius 2 is 1.90 bits per heavy atom. The van der Waals surface area contributed by atoms with Gasteiger partial charge in [-0.25, -0.2) is 12.7 Å². The molecule has 0 unspecified atom stereocenters. The van der Waals surface area contributed by atoms with E-state index >= 15 is 0 Å². The number of nitrogens with zero attached hydrogens (tertiary/aromatic N) is 2. The Hall–Kier alpha value is -0.660. The largest absolute Gasteiger partial charge is 0.339 e. The van der Waals surface area contributed by atoms with Crippen LogP contribution in [0.4, 0.5) is 0 Å². The average Bonchev–Trinajstić information content (AvgIpc) is 3.17. The quantitative estimate of drug-likeness (QED) is 0.588. The number of carbonyl (C=O) groups is 1. The van der Waals surface area contributed by atoms with Gasteiger partial charge in [-0.3, -0.25) is 4.79 Å². The Labute approximate surface area is 122 Å². The maximum Gasteiger partial charge on any atom is 0.236 e. The summed E-state index contributed by atoms with van der Waals surface area (Å²) in [6.07, 6.45) is 4.19. The van der Waals surface area contributed by atoms with Crippen LogP contribution < -0.4 is 5.32 Å². The maximum absolute atomic E-state index is 11.9. The van der Waals surface area contributed by atoms with Crippen molar-refractivity contribution < 1.29 is 13.2 Å². The second kappa shape index (κ2) is 7.95. The van der Waals surface area contributed by atoms with E-state index in [0.717, 1.165) is 19.4 Å². The van der Waals surface area contributed by atoms with Gasteiger partial charge in [0.15, 0.2) is 0 Å². The lowest BCUT2D eigenvalue weighted by atomic mass is 10.4. The zero-order chi connectivity index (χ0) is 15.2. The molecule has 0 radical (unpaired) electrons. The number of hydrogen-bond acceptors (Lipinski definition) is 4. The molecule has 1 rings (SSSR count). The molecule has 1 saturated carbocycles. The van der Waals surface area contributed by atoms with Crippen molar-refractivity contribution in [3.05, 3.63) is 0 Å². The SMILES string of the molecule is CCN(C(=O)CNCCCN(CC)S(C)(=O)=O)C1CC1. The fourth-order valence-corrected chi connectivity index (χ4v) is 3.19. The van der Waals surface area contributed by atoms with Gasteiger partial charge in [-0.15, -0.1) is 0 Å². The minimum absolute atomic E-state index is 0.144. The van der Waals surface area contributed by atoms with E-state index in [-0.39, 0.29) is 5.91 Å². The van der Waals surface area contributed by atoms with E-state index in [2.05, 4.69) is 5.32 Å². The minimum Gasteiger partial charge on any atom is -0.339 e. The van der Waals surface area contributed by atoms with Gasteiger partial charge in [-0.05, 0) is 32.7 Å². The fraction of sp³-hybridized carbons (Fsp3) is 0.923. The molecule has 0 aromatic rings. The van der Waals surface area contributed by atoms with Crippen LogP contribution in [-0.2, 0) is 14.8 Å². The van der Waals surface area contributed by atoms with Crippen molar-refractivity contribution in [2.45, 2.75) is 39.2 Å². The lowest BCUT2D eigenvalue weighted by Crippen LogP contribution is -2.40. The molecule has 0 atom stereocenters. The van der Waals surface area contributed by atoms with Gasteiger partial charge < -0.3 is 10.2 Å². The van der Waals surface area contributed by atoms with Gasteiger partial charge in [0.2, 0.25) is 15.9 Å². The molecular weight excluding hydrogens is 278 g/mol. The highest BCUT2D eigenvalue weighted by molar-refractivity contribution is 7.88. The summed E-state index contributed by atoms with van der Waals surface area (Å²) >= 11 is 0. The molecular formula is C13H27N3O3S. The van der Waals surface area contributed by atoms with Crippen LogP contribution in [-0.4, -0.2) is 68.6 Å². The highest BCUT2D eigenvalue weighted by Crippen LogP contribution is 2.26. The van der Waals surface area contributed by atoms with Crippen molar-refractivity contribution in [3.8, 4) is 0 Å². The molecule has 1 N–H and O–H groups in total. The normalized spacial score (nSPS) is 15.6. The molecule has 7 heteroatoms. The number of likely N-dealkylation sites (N-methyl/N-ethyl adjacent to an activating group) is 1. The molecule has 0 saturated heterocycles. The average molecular weight is 305 g/mol. The van der Waals surface area contributed by atoms with Crippen LogP contribution in [0.5, 0.6) is 0 Å². The van der Waals surface area contributed by atoms with Gasteiger partial charge in [0.05, 0.1) is 12.8 Å². The van der Waals surface area contributed by atoms with E-state index in [4.69, 9.17) is 0 Å². The lowest BCUT2D eigenvalue weighted by Gasteiger charge is -2.21. The summed E-state index contributed by atoms with van der Waals surface area (Å²) in [5, 5.41) is 3.10. The van der Waals surface area contributed by atoms with Crippen molar-refractivity contribution in [2.24, 2.45) is 0 Å². The molecule has 0 aromatic carbocycles.